The lowest BCUT2D eigenvalue weighted by molar-refractivity contribution is -0.118. The average molecular weight is 263 g/mol. The Balaban J connectivity index is 2.18. The summed E-state index contributed by atoms with van der Waals surface area (Å²) in [7, 11) is 3.09. The maximum absolute atomic E-state index is 11.3. The Morgan fingerprint density at radius 3 is 2.32 bits per heavy atom. The maximum Gasteiger partial charge on any atom is 0.344 e. The van der Waals surface area contributed by atoms with Gasteiger partial charge in [-0.05, 0) is 12.1 Å². The summed E-state index contributed by atoms with van der Waals surface area (Å²) in [4.78, 5) is 22.3. The molecule has 19 heavy (non-hydrogen) atoms. The molecule has 2 rings (SSSR count). The number of ether oxygens (including phenoxy) is 2. The molecular weight excluding hydrogens is 250 g/mol. The molecule has 1 aromatic rings. The fourth-order valence-electron chi connectivity index (χ4n) is 1.56. The van der Waals surface area contributed by atoms with Crippen LogP contribution in [0.3, 0.4) is 0 Å². The van der Waals surface area contributed by atoms with Gasteiger partial charge in [-0.15, -0.1) is 0 Å². The third-order valence-electron chi connectivity index (χ3n) is 2.49. The highest BCUT2D eigenvalue weighted by atomic mass is 16.5. The van der Waals surface area contributed by atoms with Crippen LogP contribution in [-0.4, -0.2) is 43.9 Å². The van der Waals surface area contributed by atoms with Crippen molar-refractivity contribution >= 4 is 18.2 Å². The predicted molar refractivity (Wildman–Crippen MR) is 67.4 cm³/mol. The van der Waals surface area contributed by atoms with E-state index < -0.39 is 6.03 Å². The molecule has 0 saturated carbocycles. The summed E-state index contributed by atoms with van der Waals surface area (Å²) in [6, 6.07) is 4.67. The van der Waals surface area contributed by atoms with Crippen molar-refractivity contribution < 1.29 is 19.1 Å². The molecule has 1 fully saturated rings. The maximum atomic E-state index is 11.3. The highest BCUT2D eigenvalue weighted by Crippen LogP contribution is 2.21. The van der Waals surface area contributed by atoms with Crippen LogP contribution in [0.5, 0.6) is 11.5 Å². The smallest absolute Gasteiger partial charge is 0.344 e. The molecule has 0 atom stereocenters. The third kappa shape index (κ3) is 3.01. The van der Waals surface area contributed by atoms with Crippen LogP contribution in [0, 0.1) is 0 Å². The first-order valence-corrected chi connectivity index (χ1v) is 5.51. The molecule has 0 aromatic heterocycles. The number of benzene rings is 1. The van der Waals surface area contributed by atoms with E-state index in [1.807, 2.05) is 0 Å². The van der Waals surface area contributed by atoms with E-state index in [0.717, 1.165) is 5.01 Å². The molecule has 1 aliphatic rings. The number of rotatable bonds is 4. The van der Waals surface area contributed by atoms with E-state index in [0.29, 0.717) is 17.1 Å². The largest absolute Gasteiger partial charge is 0.497 e. The summed E-state index contributed by atoms with van der Waals surface area (Å²) in [5, 5.41) is 7.12. The monoisotopic (exact) mass is 263 g/mol. The number of hydrazone groups is 1. The average Bonchev–Trinajstić information content (AvgIpc) is 2.74. The Hall–Kier alpha value is -2.57. The first-order valence-electron chi connectivity index (χ1n) is 5.51. The van der Waals surface area contributed by atoms with E-state index >= 15 is 0 Å². The molecule has 1 aliphatic heterocycles. The SMILES string of the molecule is COc1cc(/C=N\N2CC(=O)NC2=O)cc(OC)c1. The highest BCUT2D eigenvalue weighted by molar-refractivity contribution is 6.02. The number of imide groups is 1. The Morgan fingerprint density at radius 2 is 1.84 bits per heavy atom. The number of carbonyl (C=O) groups is 2. The lowest BCUT2D eigenvalue weighted by atomic mass is 10.2. The van der Waals surface area contributed by atoms with Gasteiger partial charge in [0.15, 0.2) is 0 Å². The summed E-state index contributed by atoms with van der Waals surface area (Å²) in [5.41, 5.74) is 0.698. The first kappa shape index (κ1) is 12.9. The predicted octanol–water partition coefficient (Wildman–Crippen LogP) is 0.589. The van der Waals surface area contributed by atoms with Gasteiger partial charge in [0.25, 0.3) is 0 Å². The molecular formula is C12H13N3O4. The van der Waals surface area contributed by atoms with Gasteiger partial charge in [0.05, 0.1) is 20.4 Å². The minimum atomic E-state index is -0.531. The van der Waals surface area contributed by atoms with Crippen molar-refractivity contribution in [2.75, 3.05) is 20.8 Å². The van der Waals surface area contributed by atoms with Gasteiger partial charge in [-0.1, -0.05) is 0 Å². The normalized spacial score (nSPS) is 14.9. The van der Waals surface area contributed by atoms with E-state index in [9.17, 15) is 9.59 Å². The second-order valence-corrected chi connectivity index (χ2v) is 3.80. The number of urea groups is 1. The van der Waals surface area contributed by atoms with Crippen LogP contribution in [0.2, 0.25) is 0 Å². The number of nitrogens with one attached hydrogen (secondary N) is 1. The standard InChI is InChI=1S/C12H13N3O4/c1-18-9-3-8(4-10(5-9)19-2)6-13-15-7-11(16)14-12(15)17/h3-6H,7H2,1-2H3,(H,14,16,17)/b13-6-. The lowest BCUT2D eigenvalue weighted by Crippen LogP contribution is -2.24. The van der Waals surface area contributed by atoms with Crippen LogP contribution in [0.1, 0.15) is 5.56 Å². The highest BCUT2D eigenvalue weighted by Gasteiger charge is 2.25. The second kappa shape index (κ2) is 5.38. The second-order valence-electron chi connectivity index (χ2n) is 3.80. The van der Waals surface area contributed by atoms with E-state index in [-0.39, 0.29) is 12.5 Å². The third-order valence-corrected chi connectivity index (χ3v) is 2.49. The number of methoxy groups -OCH3 is 2. The quantitative estimate of drug-likeness (QED) is 0.637. The van der Waals surface area contributed by atoms with Crippen LogP contribution in [0.15, 0.2) is 23.3 Å². The number of amides is 3. The van der Waals surface area contributed by atoms with E-state index in [4.69, 9.17) is 9.47 Å². The van der Waals surface area contributed by atoms with Crippen LogP contribution in [-0.2, 0) is 4.79 Å². The van der Waals surface area contributed by atoms with Crippen molar-refractivity contribution in [1.82, 2.24) is 10.3 Å². The zero-order valence-electron chi connectivity index (χ0n) is 10.5. The first-order chi connectivity index (χ1) is 9.12. The topological polar surface area (TPSA) is 80.2 Å². The Morgan fingerprint density at radius 1 is 1.21 bits per heavy atom. The number of hydrogen-bond donors (Lipinski definition) is 1. The Bertz CT molecular complexity index is 520. The van der Waals surface area contributed by atoms with Crippen molar-refractivity contribution in [1.29, 1.82) is 0 Å². The number of nitrogens with zero attached hydrogens (tertiary/aromatic N) is 2. The van der Waals surface area contributed by atoms with Crippen LogP contribution < -0.4 is 14.8 Å². The summed E-state index contributed by atoms with van der Waals surface area (Å²) in [6.07, 6.45) is 1.46. The van der Waals surface area contributed by atoms with E-state index in [2.05, 4.69) is 10.4 Å². The molecule has 100 valence electrons. The number of hydrogen-bond acceptors (Lipinski definition) is 5. The summed E-state index contributed by atoms with van der Waals surface area (Å²) >= 11 is 0. The van der Waals surface area contributed by atoms with Crippen molar-refractivity contribution in [2.45, 2.75) is 0 Å². The molecule has 3 amide bonds. The molecule has 1 aromatic carbocycles. The molecule has 1 N–H and O–H groups in total. The Labute approximate surface area is 109 Å². The minimum Gasteiger partial charge on any atom is -0.497 e. The van der Waals surface area contributed by atoms with Gasteiger partial charge < -0.3 is 9.47 Å². The van der Waals surface area contributed by atoms with Crippen molar-refractivity contribution in [3.63, 3.8) is 0 Å². The van der Waals surface area contributed by atoms with E-state index in [1.165, 1.54) is 6.21 Å². The van der Waals surface area contributed by atoms with Gasteiger partial charge in [0.2, 0.25) is 5.91 Å². The van der Waals surface area contributed by atoms with Crippen molar-refractivity contribution in [3.8, 4) is 11.5 Å². The van der Waals surface area contributed by atoms with Gasteiger partial charge in [0.1, 0.15) is 18.0 Å². The zero-order valence-corrected chi connectivity index (χ0v) is 10.5. The molecule has 7 nitrogen and oxygen atoms in total. The van der Waals surface area contributed by atoms with Gasteiger partial charge in [-0.3, -0.25) is 10.1 Å². The molecule has 0 bridgehead atoms. The van der Waals surface area contributed by atoms with Crippen LogP contribution >= 0.6 is 0 Å². The molecule has 0 spiro atoms. The molecule has 1 heterocycles. The van der Waals surface area contributed by atoms with Gasteiger partial charge in [0, 0.05) is 11.6 Å². The van der Waals surface area contributed by atoms with Gasteiger partial charge in [-0.2, -0.15) is 5.10 Å². The molecule has 0 aliphatic carbocycles. The van der Waals surface area contributed by atoms with Crippen LogP contribution in [0.25, 0.3) is 0 Å². The lowest BCUT2D eigenvalue weighted by Gasteiger charge is -2.07. The van der Waals surface area contributed by atoms with Gasteiger partial charge >= 0.3 is 6.03 Å². The fourth-order valence-corrected chi connectivity index (χ4v) is 1.56. The zero-order chi connectivity index (χ0) is 13.8. The molecule has 7 heteroatoms. The van der Waals surface area contributed by atoms with E-state index in [1.54, 1.807) is 32.4 Å². The minimum absolute atomic E-state index is 0.0730. The fraction of sp³-hybridized carbons (Fsp3) is 0.250. The van der Waals surface area contributed by atoms with Crippen molar-refractivity contribution in [2.24, 2.45) is 5.10 Å². The van der Waals surface area contributed by atoms with Gasteiger partial charge in [-0.25, -0.2) is 9.80 Å². The summed E-state index contributed by atoms with van der Waals surface area (Å²) < 4.78 is 10.2. The number of carbonyl (C=O) groups excluding carboxylic acids is 2. The molecule has 0 radical (unpaired) electrons. The van der Waals surface area contributed by atoms with Crippen molar-refractivity contribution in [3.05, 3.63) is 23.8 Å². The summed E-state index contributed by atoms with van der Waals surface area (Å²) in [6.45, 7) is -0.0730. The molecule has 1 saturated heterocycles. The van der Waals surface area contributed by atoms with Crippen LogP contribution in [0.4, 0.5) is 4.79 Å². The summed E-state index contributed by atoms with van der Waals surface area (Å²) in [5.74, 6) is 0.857. The Kier molecular flexibility index (Phi) is 3.65. The molecule has 0 unspecified atom stereocenters.